The molecule has 69 heavy (non-hydrogen) atoms. The molecule has 0 atom stereocenters. The van der Waals surface area contributed by atoms with Crippen molar-refractivity contribution in [1.82, 2.24) is 0 Å². The van der Waals surface area contributed by atoms with E-state index in [2.05, 4.69) is 83.1 Å². The monoisotopic (exact) mass is 997 g/mol. The van der Waals surface area contributed by atoms with Gasteiger partial charge in [0.15, 0.2) is 0 Å². The predicted molar refractivity (Wildman–Crippen MR) is 278 cm³/mol. The van der Waals surface area contributed by atoms with Gasteiger partial charge in [-0.05, 0) is 80.5 Å². The van der Waals surface area contributed by atoms with E-state index in [0.717, 1.165) is 51.7 Å². The molecule has 0 N–H and O–H groups in total. The van der Waals surface area contributed by atoms with Gasteiger partial charge in [0.05, 0.1) is 144 Å². The lowest BCUT2D eigenvalue weighted by Crippen LogP contribution is -2.45. The maximum atomic E-state index is 6.88. The number of hydrogen-bond acceptors (Lipinski definition) is 14. The van der Waals surface area contributed by atoms with Crippen LogP contribution in [0, 0.1) is 46.3 Å². The molecule has 416 valence electrons. The molecule has 0 heterocycles. The van der Waals surface area contributed by atoms with Gasteiger partial charge in [-0.25, -0.2) is 0 Å². The van der Waals surface area contributed by atoms with Crippen LogP contribution < -0.4 is 0 Å². The van der Waals surface area contributed by atoms with Gasteiger partial charge in [0, 0.05) is 51.7 Å². The van der Waals surface area contributed by atoms with Crippen molar-refractivity contribution in [1.29, 1.82) is 0 Å². The minimum atomic E-state index is -0.651. The molecule has 0 aliphatic carbocycles. The van der Waals surface area contributed by atoms with Crippen LogP contribution in [-0.2, 0) is 66.3 Å². The molecule has 0 aromatic rings. The molecular formula is C55H112O14. The molecule has 0 saturated heterocycles. The van der Waals surface area contributed by atoms with E-state index >= 15 is 0 Å². The zero-order chi connectivity index (χ0) is 51.1. The summed E-state index contributed by atoms with van der Waals surface area (Å²) in [4.78, 5) is 0. The van der Waals surface area contributed by atoms with Crippen molar-refractivity contribution in [3.8, 4) is 0 Å². The second kappa shape index (κ2) is 48.4. The van der Waals surface area contributed by atoms with E-state index in [1.807, 2.05) is 0 Å². The zero-order valence-corrected chi connectivity index (χ0v) is 46.9. The fourth-order valence-corrected chi connectivity index (χ4v) is 6.36. The molecule has 0 saturated carbocycles. The third-order valence-electron chi connectivity index (χ3n) is 11.3. The Hall–Kier alpha value is -0.560. The summed E-state index contributed by atoms with van der Waals surface area (Å²) in [6, 6.07) is 0. The van der Waals surface area contributed by atoms with E-state index in [-0.39, 0.29) is 0 Å². The number of hydrogen-bond donors (Lipinski definition) is 0. The van der Waals surface area contributed by atoms with Gasteiger partial charge >= 0.3 is 0 Å². The molecule has 0 aromatic carbocycles. The van der Waals surface area contributed by atoms with Gasteiger partial charge in [0.1, 0.15) is 0 Å². The van der Waals surface area contributed by atoms with Crippen LogP contribution in [0.5, 0.6) is 0 Å². The van der Waals surface area contributed by atoms with E-state index in [1.54, 1.807) is 0 Å². The van der Waals surface area contributed by atoms with E-state index in [0.29, 0.717) is 214 Å². The fourth-order valence-electron chi connectivity index (χ4n) is 6.36. The van der Waals surface area contributed by atoms with Crippen LogP contribution in [0.15, 0.2) is 0 Å². The molecule has 0 unspecified atom stereocenters. The minimum absolute atomic E-state index is 0.308. The third kappa shape index (κ3) is 48.2. The van der Waals surface area contributed by atoms with Gasteiger partial charge in [0.2, 0.25) is 0 Å². The van der Waals surface area contributed by atoms with Gasteiger partial charge in [-0.2, -0.15) is 0 Å². The van der Waals surface area contributed by atoms with E-state index in [4.69, 9.17) is 66.3 Å². The highest BCUT2D eigenvalue weighted by Gasteiger charge is 2.36. The molecule has 0 amide bonds. The molecule has 0 fully saturated rings. The normalized spacial score (nSPS) is 12.8. The first-order valence-electron chi connectivity index (χ1n) is 27.3. The van der Waals surface area contributed by atoms with Gasteiger partial charge in [-0.3, -0.25) is 0 Å². The Morgan fingerprint density at radius 2 is 0.362 bits per heavy atom. The molecule has 0 aliphatic heterocycles. The lowest BCUT2D eigenvalue weighted by molar-refractivity contribution is -0.141. The highest BCUT2D eigenvalue weighted by molar-refractivity contribution is 4.83. The van der Waals surface area contributed by atoms with Crippen molar-refractivity contribution in [3.63, 3.8) is 0 Å². The zero-order valence-electron chi connectivity index (χ0n) is 46.9. The maximum absolute atomic E-state index is 6.88. The molecule has 0 rings (SSSR count). The van der Waals surface area contributed by atoms with Crippen LogP contribution in [0.3, 0.4) is 0 Å². The largest absolute Gasteiger partial charge is 0.380 e. The van der Waals surface area contributed by atoms with Crippen molar-refractivity contribution in [2.75, 3.05) is 185 Å². The van der Waals surface area contributed by atoms with E-state index in [9.17, 15) is 0 Å². The molecule has 0 bridgehead atoms. The van der Waals surface area contributed by atoms with Crippen LogP contribution in [-0.4, -0.2) is 185 Å². The molecular weight excluding hydrogens is 885 g/mol. The summed E-state index contributed by atoms with van der Waals surface area (Å²) in [6.45, 7) is 40.6. The highest BCUT2D eigenvalue weighted by Crippen LogP contribution is 2.28. The van der Waals surface area contributed by atoms with E-state index < -0.39 is 10.8 Å². The minimum Gasteiger partial charge on any atom is -0.380 e. The summed E-state index contributed by atoms with van der Waals surface area (Å²) >= 11 is 0. The second-order valence-corrected chi connectivity index (χ2v) is 21.5. The first-order valence-corrected chi connectivity index (χ1v) is 27.3. The SMILES string of the molecule is CC(C)CCOCCOCCOCC(COCCOCCC(C)C)(COCCOCCC(C)C)COCC(CCOCCOCCC(C)C)(COCCOCCC(C)C)COCCOCCC(C)C. The van der Waals surface area contributed by atoms with Gasteiger partial charge in [0.25, 0.3) is 0 Å². The summed E-state index contributed by atoms with van der Waals surface area (Å²) in [5.41, 5.74) is -1.19. The third-order valence-corrected chi connectivity index (χ3v) is 11.3. The summed E-state index contributed by atoms with van der Waals surface area (Å²) in [7, 11) is 0. The summed E-state index contributed by atoms with van der Waals surface area (Å²) < 4.78 is 86.3. The Balaban J connectivity index is 6.31. The van der Waals surface area contributed by atoms with Crippen LogP contribution in [0.1, 0.15) is 128 Å². The smallest absolute Gasteiger partial charge is 0.0701 e. The molecule has 0 aliphatic rings. The van der Waals surface area contributed by atoms with Gasteiger partial charge in [-0.1, -0.05) is 83.1 Å². The van der Waals surface area contributed by atoms with Crippen LogP contribution in [0.25, 0.3) is 0 Å². The van der Waals surface area contributed by atoms with Crippen molar-refractivity contribution in [3.05, 3.63) is 0 Å². The fraction of sp³-hybridized carbons (Fsp3) is 1.00. The van der Waals surface area contributed by atoms with Crippen molar-refractivity contribution >= 4 is 0 Å². The summed E-state index contributed by atoms with van der Waals surface area (Å²) in [6.07, 6.45) is 6.76. The Morgan fingerprint density at radius 3 is 0.609 bits per heavy atom. The molecule has 0 spiro atoms. The highest BCUT2D eigenvalue weighted by atomic mass is 16.6. The van der Waals surface area contributed by atoms with Gasteiger partial charge < -0.3 is 66.3 Å². The molecule has 0 radical (unpaired) electrons. The Kier molecular flexibility index (Phi) is 48.0. The Bertz CT molecular complexity index is 986. The summed E-state index contributed by atoms with van der Waals surface area (Å²) in [5.74, 6) is 3.54. The summed E-state index contributed by atoms with van der Waals surface area (Å²) in [5, 5.41) is 0. The van der Waals surface area contributed by atoms with Crippen LogP contribution in [0.4, 0.5) is 0 Å². The Morgan fingerprint density at radius 1 is 0.188 bits per heavy atom. The molecule has 0 aromatic heterocycles. The maximum Gasteiger partial charge on any atom is 0.0701 e. The average Bonchev–Trinajstić information content (AvgIpc) is 3.28. The standard InChI is InChI=1S/C55H112O14/c1-48(2)13-20-56-27-29-62-26-19-54(41-64-36-31-58-22-15-50(5)6,42-65-37-32-59-23-16-51(7)8)43-69-47-55(44-66-38-33-60-24-17-52(9)10,45-67-39-34-61-25-18-53(11)12)46-68-40-35-63-30-28-57-21-14-49(3)4/h48-53H,13-47H2,1-12H3. The van der Waals surface area contributed by atoms with Crippen LogP contribution in [0.2, 0.25) is 0 Å². The van der Waals surface area contributed by atoms with E-state index in [1.165, 1.54) is 0 Å². The lowest BCUT2D eigenvalue weighted by Gasteiger charge is -2.37. The Labute approximate surface area is 424 Å². The lowest BCUT2D eigenvalue weighted by atomic mass is 9.86. The van der Waals surface area contributed by atoms with Crippen molar-refractivity contribution in [2.24, 2.45) is 46.3 Å². The van der Waals surface area contributed by atoms with Crippen molar-refractivity contribution in [2.45, 2.75) is 128 Å². The first-order chi connectivity index (χ1) is 33.2. The van der Waals surface area contributed by atoms with Gasteiger partial charge in [-0.15, -0.1) is 0 Å². The second-order valence-electron chi connectivity index (χ2n) is 21.5. The number of rotatable bonds is 56. The predicted octanol–water partition coefficient (Wildman–Crippen LogP) is 9.86. The quantitative estimate of drug-likeness (QED) is 0.0536. The first kappa shape index (κ1) is 68.4. The van der Waals surface area contributed by atoms with Crippen LogP contribution >= 0.6 is 0 Å². The topological polar surface area (TPSA) is 129 Å². The number of ether oxygens (including phenoxy) is 14. The average molecular weight is 997 g/mol. The van der Waals surface area contributed by atoms with Crippen molar-refractivity contribution < 1.29 is 66.3 Å². The molecule has 14 heteroatoms. The molecule has 14 nitrogen and oxygen atoms in total.